The Labute approximate surface area is 111 Å². The highest BCUT2D eigenvalue weighted by molar-refractivity contribution is 9.10. The predicted molar refractivity (Wildman–Crippen MR) is 57.3 cm³/mol. The summed E-state index contributed by atoms with van der Waals surface area (Å²) in [6, 6.07) is 0.869. The van der Waals surface area contributed by atoms with E-state index in [1.54, 1.807) is 0 Å². The average Bonchev–Trinajstić information content (AvgIpc) is 2.24. The van der Waals surface area contributed by atoms with Crippen LogP contribution in [0.25, 0.3) is 0 Å². The maximum atomic E-state index is 12.6. The average molecular weight is 350 g/mol. The number of nitro benzene ring substituents is 1. The van der Waals surface area contributed by atoms with Crippen LogP contribution < -0.4 is 4.74 Å². The number of benzene rings is 1. The summed E-state index contributed by atoms with van der Waals surface area (Å²) in [7, 11) is 0. The molecule has 1 rings (SSSR count). The largest absolute Gasteiger partial charge is 0.481 e. The lowest BCUT2D eigenvalue weighted by atomic mass is 10.2. The van der Waals surface area contributed by atoms with Crippen molar-refractivity contribution in [1.82, 2.24) is 0 Å². The van der Waals surface area contributed by atoms with Crippen molar-refractivity contribution in [3.63, 3.8) is 0 Å². The highest BCUT2D eigenvalue weighted by atomic mass is 79.9. The van der Waals surface area contributed by atoms with Crippen LogP contribution >= 0.6 is 15.9 Å². The summed E-state index contributed by atoms with van der Waals surface area (Å²) in [5.41, 5.74) is -2.08. The van der Waals surface area contributed by atoms with Crippen LogP contribution in [0.1, 0.15) is 5.56 Å². The molecule has 0 heterocycles. The van der Waals surface area contributed by atoms with E-state index in [0.29, 0.717) is 12.1 Å². The number of nitrogens with zero attached hydrogens (tertiary/aromatic N) is 1. The van der Waals surface area contributed by atoms with Gasteiger partial charge in [-0.15, -0.1) is 0 Å². The normalized spacial score (nSPS) is 11.7. The van der Waals surface area contributed by atoms with Crippen LogP contribution in [-0.4, -0.2) is 18.0 Å². The molecule has 19 heavy (non-hydrogen) atoms. The summed E-state index contributed by atoms with van der Waals surface area (Å²) in [4.78, 5) is 9.59. The lowest BCUT2D eigenvalue weighted by Gasteiger charge is -2.12. The van der Waals surface area contributed by atoms with Gasteiger partial charge in [-0.05, 0) is 15.9 Å². The topological polar surface area (TPSA) is 52.4 Å². The summed E-state index contributed by atoms with van der Waals surface area (Å²) >= 11 is 2.54. The number of alkyl halides is 5. The fourth-order valence-corrected chi connectivity index (χ4v) is 1.73. The van der Waals surface area contributed by atoms with Crippen LogP contribution in [0.4, 0.5) is 27.6 Å². The lowest BCUT2D eigenvalue weighted by molar-refractivity contribution is -0.386. The van der Waals surface area contributed by atoms with E-state index in [4.69, 9.17) is 0 Å². The molecule has 0 fully saturated rings. The SMILES string of the molecule is O=[N+]([O-])c1cc(Br)c(C(F)(F)F)cc1OCC(F)F. The van der Waals surface area contributed by atoms with E-state index >= 15 is 0 Å². The molecule has 0 radical (unpaired) electrons. The van der Waals surface area contributed by atoms with Crippen LogP contribution in [0.5, 0.6) is 5.75 Å². The third-order valence-corrected chi connectivity index (χ3v) is 2.57. The monoisotopic (exact) mass is 349 g/mol. The minimum atomic E-state index is -4.79. The number of ether oxygens (including phenoxy) is 1. The second-order valence-corrected chi connectivity index (χ2v) is 4.11. The van der Waals surface area contributed by atoms with E-state index in [0.717, 1.165) is 0 Å². The Balaban J connectivity index is 3.27. The zero-order chi connectivity index (χ0) is 14.8. The van der Waals surface area contributed by atoms with Gasteiger partial charge in [0.1, 0.15) is 6.61 Å². The zero-order valence-corrected chi connectivity index (χ0v) is 10.5. The van der Waals surface area contributed by atoms with Gasteiger partial charge in [-0.1, -0.05) is 0 Å². The zero-order valence-electron chi connectivity index (χ0n) is 8.88. The van der Waals surface area contributed by atoms with Crippen LogP contribution in [0.15, 0.2) is 16.6 Å². The minimum Gasteiger partial charge on any atom is -0.481 e. The van der Waals surface area contributed by atoms with E-state index in [1.165, 1.54) is 0 Å². The van der Waals surface area contributed by atoms with Crippen molar-refractivity contribution in [2.24, 2.45) is 0 Å². The van der Waals surface area contributed by atoms with Gasteiger partial charge in [-0.2, -0.15) is 13.2 Å². The first-order valence-corrected chi connectivity index (χ1v) is 5.38. The molecule has 0 aromatic heterocycles. The Morgan fingerprint density at radius 1 is 1.37 bits per heavy atom. The first-order chi connectivity index (χ1) is 8.62. The summed E-state index contributed by atoms with van der Waals surface area (Å²) < 4.78 is 65.3. The van der Waals surface area contributed by atoms with Crippen molar-refractivity contribution in [3.8, 4) is 5.75 Å². The smallest absolute Gasteiger partial charge is 0.417 e. The Kier molecular flexibility index (Phi) is 4.66. The second kappa shape index (κ2) is 5.68. The minimum absolute atomic E-state index is 0.310. The Morgan fingerprint density at radius 3 is 2.37 bits per heavy atom. The lowest BCUT2D eigenvalue weighted by Crippen LogP contribution is -2.11. The first kappa shape index (κ1) is 15.6. The molecular formula is C9H5BrF5NO3. The number of hydrogen-bond acceptors (Lipinski definition) is 3. The quantitative estimate of drug-likeness (QED) is 0.468. The molecule has 0 aliphatic rings. The summed E-state index contributed by atoms with van der Waals surface area (Å²) in [6.45, 7) is -1.24. The Bertz CT molecular complexity index is 491. The molecule has 106 valence electrons. The van der Waals surface area contributed by atoms with Crippen molar-refractivity contribution in [3.05, 3.63) is 32.3 Å². The van der Waals surface area contributed by atoms with E-state index in [-0.39, 0.29) is 0 Å². The fraction of sp³-hybridized carbons (Fsp3) is 0.333. The summed E-state index contributed by atoms with van der Waals surface area (Å²) in [5.74, 6) is -0.860. The second-order valence-electron chi connectivity index (χ2n) is 3.26. The van der Waals surface area contributed by atoms with Gasteiger partial charge in [-0.25, -0.2) is 8.78 Å². The van der Waals surface area contributed by atoms with E-state index in [9.17, 15) is 32.1 Å². The maximum absolute atomic E-state index is 12.6. The molecule has 0 saturated carbocycles. The molecule has 10 heteroatoms. The molecule has 0 aliphatic carbocycles. The van der Waals surface area contributed by atoms with Crippen molar-refractivity contribution in [2.45, 2.75) is 12.6 Å². The predicted octanol–water partition coefficient (Wildman–Crippen LogP) is 4.02. The first-order valence-electron chi connectivity index (χ1n) is 4.59. The van der Waals surface area contributed by atoms with Gasteiger partial charge in [0.05, 0.1) is 10.5 Å². The van der Waals surface area contributed by atoms with Crippen molar-refractivity contribution < 1.29 is 31.6 Å². The van der Waals surface area contributed by atoms with E-state index in [2.05, 4.69) is 20.7 Å². The van der Waals surface area contributed by atoms with Gasteiger partial charge in [-0.3, -0.25) is 10.1 Å². The third-order valence-electron chi connectivity index (χ3n) is 1.92. The van der Waals surface area contributed by atoms with Gasteiger partial charge in [0.2, 0.25) is 0 Å². The Morgan fingerprint density at radius 2 is 1.95 bits per heavy atom. The van der Waals surface area contributed by atoms with Crippen molar-refractivity contribution in [1.29, 1.82) is 0 Å². The van der Waals surface area contributed by atoms with Gasteiger partial charge >= 0.3 is 11.9 Å². The number of hydrogen-bond donors (Lipinski definition) is 0. The fourth-order valence-electron chi connectivity index (χ4n) is 1.17. The number of rotatable bonds is 4. The Hall–Kier alpha value is -1.45. The highest BCUT2D eigenvalue weighted by Crippen LogP contribution is 2.41. The molecule has 0 N–H and O–H groups in total. The van der Waals surface area contributed by atoms with Crippen LogP contribution in [0, 0.1) is 10.1 Å². The standard InChI is InChI=1S/C9H5BrF5NO3/c10-5-2-6(16(17)18)7(19-3-8(11)12)1-4(5)9(13,14)15/h1-2,8H,3H2. The number of nitro groups is 1. The molecule has 0 aliphatic heterocycles. The summed E-state index contributed by atoms with van der Waals surface area (Å²) in [6.07, 6.45) is -7.76. The van der Waals surface area contributed by atoms with Crippen LogP contribution in [0.3, 0.4) is 0 Å². The van der Waals surface area contributed by atoms with Crippen molar-refractivity contribution >= 4 is 21.6 Å². The maximum Gasteiger partial charge on any atom is 0.417 e. The molecule has 0 saturated heterocycles. The van der Waals surface area contributed by atoms with Crippen molar-refractivity contribution in [2.75, 3.05) is 6.61 Å². The molecule has 1 aromatic rings. The summed E-state index contributed by atoms with van der Waals surface area (Å²) in [5, 5.41) is 10.6. The van der Waals surface area contributed by atoms with Gasteiger partial charge in [0.25, 0.3) is 6.43 Å². The third kappa shape index (κ3) is 4.01. The van der Waals surface area contributed by atoms with Crippen LogP contribution in [0.2, 0.25) is 0 Å². The molecular weight excluding hydrogens is 345 g/mol. The molecule has 1 aromatic carbocycles. The molecule has 4 nitrogen and oxygen atoms in total. The molecule has 0 unspecified atom stereocenters. The molecule has 0 spiro atoms. The molecule has 0 bridgehead atoms. The molecule has 0 atom stereocenters. The van der Waals surface area contributed by atoms with E-state index < -0.39 is 45.6 Å². The highest BCUT2D eigenvalue weighted by Gasteiger charge is 2.36. The number of halogens is 6. The van der Waals surface area contributed by atoms with Gasteiger partial charge in [0, 0.05) is 16.6 Å². The van der Waals surface area contributed by atoms with E-state index in [1.807, 2.05) is 0 Å². The van der Waals surface area contributed by atoms with Gasteiger partial charge < -0.3 is 4.74 Å². The van der Waals surface area contributed by atoms with Crippen LogP contribution in [-0.2, 0) is 6.18 Å². The van der Waals surface area contributed by atoms with Gasteiger partial charge in [0.15, 0.2) is 5.75 Å². The molecule has 0 amide bonds.